The van der Waals surface area contributed by atoms with E-state index < -0.39 is 0 Å². The zero-order valence-corrected chi connectivity index (χ0v) is 14.4. The predicted molar refractivity (Wildman–Crippen MR) is 89.3 cm³/mol. The minimum Gasteiger partial charge on any atom is -0.336 e. The predicted octanol–water partition coefficient (Wildman–Crippen LogP) is 3.78. The molecule has 0 radical (unpaired) electrons. The van der Waals surface area contributed by atoms with Crippen LogP contribution in [0.1, 0.15) is 59.1 Å². The molecule has 0 spiro atoms. The van der Waals surface area contributed by atoms with Gasteiger partial charge in [-0.1, -0.05) is 18.6 Å². The Kier molecular flexibility index (Phi) is 5.43. The Hall–Kier alpha value is -1.58. The molecule has 1 amide bonds. The van der Waals surface area contributed by atoms with Crippen LogP contribution in [0.2, 0.25) is 0 Å². The number of carbonyl (C=O) groups excluding carboxylic acids is 1. The summed E-state index contributed by atoms with van der Waals surface area (Å²) >= 11 is 0. The number of likely N-dealkylation sites (tertiary alicyclic amines) is 1. The van der Waals surface area contributed by atoms with Crippen LogP contribution in [0.4, 0.5) is 0 Å². The molecule has 1 atom stereocenters. The van der Waals surface area contributed by atoms with Crippen molar-refractivity contribution in [2.75, 3.05) is 6.54 Å². The van der Waals surface area contributed by atoms with Crippen LogP contribution in [0.15, 0.2) is 24.2 Å². The minimum atomic E-state index is 0.233. The molecule has 4 heteroatoms. The molecule has 1 aromatic rings. The molecule has 122 valence electrons. The Labute approximate surface area is 134 Å². The van der Waals surface area contributed by atoms with Gasteiger partial charge in [0.1, 0.15) is 0 Å². The van der Waals surface area contributed by atoms with Gasteiger partial charge in [0.2, 0.25) is 5.91 Å². The van der Waals surface area contributed by atoms with Crippen molar-refractivity contribution in [2.45, 2.75) is 66.5 Å². The standard InChI is InChI=1S/C18H29N3O/c1-5-20-14-19-11-16(20)12-21-13-18(4,10-8-17(21)22)9-6-7-15(2)3/h7,11,14H,5-6,8-10,12-13H2,1-4H3. The van der Waals surface area contributed by atoms with Crippen LogP contribution in [0.25, 0.3) is 0 Å². The molecule has 1 fully saturated rings. The van der Waals surface area contributed by atoms with Crippen LogP contribution >= 0.6 is 0 Å². The van der Waals surface area contributed by atoms with E-state index in [2.05, 4.69) is 43.3 Å². The molecule has 1 aliphatic rings. The lowest BCUT2D eigenvalue weighted by Gasteiger charge is -2.40. The highest BCUT2D eigenvalue weighted by Gasteiger charge is 2.34. The van der Waals surface area contributed by atoms with Gasteiger partial charge in [-0.25, -0.2) is 4.98 Å². The first-order chi connectivity index (χ1) is 10.4. The van der Waals surface area contributed by atoms with Gasteiger partial charge < -0.3 is 9.47 Å². The van der Waals surface area contributed by atoms with E-state index in [0.717, 1.165) is 38.0 Å². The van der Waals surface area contributed by atoms with Gasteiger partial charge in [0, 0.05) is 25.7 Å². The third-order valence-electron chi connectivity index (χ3n) is 4.66. The number of nitrogens with zero attached hydrogens (tertiary/aromatic N) is 3. The van der Waals surface area contributed by atoms with Crippen molar-refractivity contribution in [1.29, 1.82) is 0 Å². The van der Waals surface area contributed by atoms with Gasteiger partial charge in [-0.2, -0.15) is 0 Å². The monoisotopic (exact) mass is 303 g/mol. The fraction of sp³-hybridized carbons (Fsp3) is 0.667. The third kappa shape index (κ3) is 4.21. The van der Waals surface area contributed by atoms with Gasteiger partial charge in [-0.3, -0.25) is 4.79 Å². The van der Waals surface area contributed by atoms with Crippen LogP contribution < -0.4 is 0 Å². The molecule has 0 bridgehead atoms. The number of hydrogen-bond acceptors (Lipinski definition) is 2. The van der Waals surface area contributed by atoms with Crippen molar-refractivity contribution >= 4 is 5.91 Å². The Balaban J connectivity index is 2.01. The largest absolute Gasteiger partial charge is 0.336 e. The SMILES string of the molecule is CCn1cncc1CN1CC(C)(CCC=C(C)C)CCC1=O. The van der Waals surface area contributed by atoms with Gasteiger partial charge >= 0.3 is 0 Å². The number of aryl methyl sites for hydroxylation is 1. The molecule has 0 aliphatic carbocycles. The van der Waals surface area contributed by atoms with Crippen LogP contribution in [0.3, 0.4) is 0 Å². The maximum atomic E-state index is 12.3. The topological polar surface area (TPSA) is 38.1 Å². The maximum Gasteiger partial charge on any atom is 0.222 e. The summed E-state index contributed by atoms with van der Waals surface area (Å²) < 4.78 is 2.11. The van der Waals surface area contributed by atoms with E-state index in [1.165, 1.54) is 5.57 Å². The van der Waals surface area contributed by atoms with Gasteiger partial charge in [-0.15, -0.1) is 0 Å². The van der Waals surface area contributed by atoms with Crippen molar-refractivity contribution in [3.63, 3.8) is 0 Å². The minimum absolute atomic E-state index is 0.233. The first-order valence-corrected chi connectivity index (χ1v) is 8.34. The molecule has 1 aromatic heterocycles. The van der Waals surface area contributed by atoms with E-state index in [9.17, 15) is 4.79 Å². The smallest absolute Gasteiger partial charge is 0.222 e. The number of allylic oxidation sites excluding steroid dienone is 2. The normalized spacial score (nSPS) is 22.0. The lowest BCUT2D eigenvalue weighted by molar-refractivity contribution is -0.138. The number of amides is 1. The fourth-order valence-corrected chi connectivity index (χ4v) is 3.21. The van der Waals surface area contributed by atoms with Crippen molar-refractivity contribution in [1.82, 2.24) is 14.5 Å². The molecule has 2 rings (SSSR count). The van der Waals surface area contributed by atoms with E-state index in [1.807, 2.05) is 17.4 Å². The summed E-state index contributed by atoms with van der Waals surface area (Å²) in [5, 5.41) is 0. The summed E-state index contributed by atoms with van der Waals surface area (Å²) in [4.78, 5) is 18.5. The van der Waals surface area contributed by atoms with Crippen LogP contribution in [0, 0.1) is 5.41 Å². The molecule has 0 saturated carbocycles. The molecule has 22 heavy (non-hydrogen) atoms. The highest BCUT2D eigenvalue weighted by molar-refractivity contribution is 5.77. The van der Waals surface area contributed by atoms with Crippen LogP contribution in [-0.2, 0) is 17.9 Å². The molecular formula is C18H29N3O. The summed E-state index contributed by atoms with van der Waals surface area (Å²) in [6.07, 6.45) is 9.96. The van der Waals surface area contributed by atoms with Crippen molar-refractivity contribution in [3.8, 4) is 0 Å². The van der Waals surface area contributed by atoms with E-state index in [1.54, 1.807) is 0 Å². The second-order valence-corrected chi connectivity index (χ2v) is 7.05. The number of hydrogen-bond donors (Lipinski definition) is 0. The highest BCUT2D eigenvalue weighted by atomic mass is 16.2. The summed E-state index contributed by atoms with van der Waals surface area (Å²) in [7, 11) is 0. The number of piperidine rings is 1. The van der Waals surface area contributed by atoms with E-state index >= 15 is 0 Å². The molecule has 2 heterocycles. The van der Waals surface area contributed by atoms with E-state index in [0.29, 0.717) is 13.0 Å². The highest BCUT2D eigenvalue weighted by Crippen LogP contribution is 2.35. The lowest BCUT2D eigenvalue weighted by atomic mass is 9.77. The van der Waals surface area contributed by atoms with Gasteiger partial charge in [0.25, 0.3) is 0 Å². The number of carbonyl (C=O) groups is 1. The van der Waals surface area contributed by atoms with Gasteiger partial charge in [0.05, 0.1) is 18.6 Å². The Morgan fingerprint density at radius 3 is 2.91 bits per heavy atom. The lowest BCUT2D eigenvalue weighted by Crippen LogP contribution is -2.44. The molecule has 0 aromatic carbocycles. The Bertz CT molecular complexity index is 542. The number of imidazole rings is 1. The number of aromatic nitrogens is 2. The quantitative estimate of drug-likeness (QED) is 0.750. The third-order valence-corrected chi connectivity index (χ3v) is 4.66. The first-order valence-electron chi connectivity index (χ1n) is 8.34. The molecular weight excluding hydrogens is 274 g/mol. The van der Waals surface area contributed by atoms with Gasteiger partial charge in [-0.05, 0) is 45.4 Å². The van der Waals surface area contributed by atoms with E-state index in [-0.39, 0.29) is 11.3 Å². The summed E-state index contributed by atoms with van der Waals surface area (Å²) in [5.41, 5.74) is 2.74. The first kappa shape index (κ1) is 16.8. The van der Waals surface area contributed by atoms with Crippen LogP contribution in [0.5, 0.6) is 0 Å². The maximum absolute atomic E-state index is 12.3. The second-order valence-electron chi connectivity index (χ2n) is 7.05. The molecule has 1 unspecified atom stereocenters. The summed E-state index contributed by atoms with van der Waals surface area (Å²) in [5.74, 6) is 0.281. The zero-order valence-electron chi connectivity index (χ0n) is 14.4. The van der Waals surface area contributed by atoms with E-state index in [4.69, 9.17) is 0 Å². The van der Waals surface area contributed by atoms with Gasteiger partial charge in [0.15, 0.2) is 0 Å². The van der Waals surface area contributed by atoms with Crippen molar-refractivity contribution in [3.05, 3.63) is 29.9 Å². The molecule has 1 saturated heterocycles. The number of rotatable bonds is 6. The van der Waals surface area contributed by atoms with Crippen LogP contribution in [-0.4, -0.2) is 26.9 Å². The van der Waals surface area contributed by atoms with Crippen molar-refractivity contribution in [2.24, 2.45) is 5.41 Å². The Morgan fingerprint density at radius 1 is 1.45 bits per heavy atom. The summed E-state index contributed by atoms with van der Waals surface area (Å²) in [6.45, 7) is 11.2. The second kappa shape index (κ2) is 7.12. The molecule has 4 nitrogen and oxygen atoms in total. The zero-order chi connectivity index (χ0) is 16.2. The average molecular weight is 303 g/mol. The Morgan fingerprint density at radius 2 is 2.23 bits per heavy atom. The molecule has 1 aliphatic heterocycles. The van der Waals surface area contributed by atoms with Crippen molar-refractivity contribution < 1.29 is 4.79 Å². The fourth-order valence-electron chi connectivity index (χ4n) is 3.21. The summed E-state index contributed by atoms with van der Waals surface area (Å²) in [6, 6.07) is 0. The molecule has 0 N–H and O–H groups in total. The average Bonchev–Trinajstić information content (AvgIpc) is 2.90.